The van der Waals surface area contributed by atoms with Gasteiger partial charge in [-0.2, -0.15) is 0 Å². The van der Waals surface area contributed by atoms with Gasteiger partial charge < -0.3 is 20.3 Å². The summed E-state index contributed by atoms with van der Waals surface area (Å²) in [6.07, 6.45) is 3.21. The van der Waals surface area contributed by atoms with E-state index in [0.717, 1.165) is 25.5 Å². The first kappa shape index (κ1) is 27.0. The van der Waals surface area contributed by atoms with Crippen LogP contribution < -0.4 is 5.73 Å². The van der Waals surface area contributed by atoms with Gasteiger partial charge in [0.2, 0.25) is 0 Å². The molecule has 0 spiro atoms. The van der Waals surface area contributed by atoms with Crippen LogP contribution >= 0.6 is 0 Å². The van der Waals surface area contributed by atoms with Gasteiger partial charge in [0.1, 0.15) is 6.61 Å². The van der Waals surface area contributed by atoms with Crippen LogP contribution in [0.4, 0.5) is 0 Å². The summed E-state index contributed by atoms with van der Waals surface area (Å²) in [4.78, 5) is 20.1. The molecule has 24 heavy (non-hydrogen) atoms. The molecule has 0 amide bonds. The summed E-state index contributed by atoms with van der Waals surface area (Å²) < 4.78 is 9.21. The molecule has 1 aromatic rings. The smallest absolute Gasteiger partial charge is 0.319 e. The summed E-state index contributed by atoms with van der Waals surface area (Å²) in [5.41, 5.74) is 5.99. The minimum absolute atomic E-state index is 0.0102. The van der Waals surface area contributed by atoms with E-state index in [1.54, 1.807) is 0 Å². The van der Waals surface area contributed by atoms with Crippen molar-refractivity contribution in [2.24, 2.45) is 5.73 Å². The van der Waals surface area contributed by atoms with Gasteiger partial charge >= 0.3 is 5.97 Å². The molecule has 0 unspecified atom stereocenters. The third kappa shape index (κ3) is 25.1. The summed E-state index contributed by atoms with van der Waals surface area (Å²) in [5, 5.41) is 7.00. The third-order valence-corrected chi connectivity index (χ3v) is 2.09. The Morgan fingerprint density at radius 3 is 2.12 bits per heavy atom. The summed E-state index contributed by atoms with van der Waals surface area (Å²) in [5.74, 6) is -0.316. The van der Waals surface area contributed by atoms with Gasteiger partial charge in [0.05, 0.1) is 13.2 Å². The molecule has 1 rings (SSSR count). The van der Waals surface area contributed by atoms with Crippen molar-refractivity contribution in [1.82, 2.24) is 0 Å². The maximum atomic E-state index is 10.3. The molecular weight excluding hydrogens is 310 g/mol. The lowest BCUT2D eigenvalue weighted by atomic mass is 10.2. The highest BCUT2D eigenvalue weighted by Gasteiger charge is 1.94. The fraction of sp³-hybridized carbons (Fsp3) is 0.556. The van der Waals surface area contributed by atoms with Gasteiger partial charge in [0.15, 0.2) is 0 Å². The second-order valence-corrected chi connectivity index (χ2v) is 4.38. The van der Waals surface area contributed by atoms with E-state index in [-0.39, 0.29) is 12.5 Å². The standard InChI is InChI=1S/C8H8O2.C6H13NO2.C3H8.CH4O/c9-7-10-6-8-4-2-1-3-5-8;1-2-3-4-9-6(8)5-7;1-3-2;1-2/h1-5,7H,6H2;2-5,7H2,1H3;3H2,1-2H3;2H,1H3. The second kappa shape index (κ2) is 26.0. The molecule has 0 saturated heterocycles. The van der Waals surface area contributed by atoms with Crippen LogP contribution in [0.25, 0.3) is 0 Å². The molecule has 0 heterocycles. The van der Waals surface area contributed by atoms with E-state index in [2.05, 4.69) is 23.3 Å². The van der Waals surface area contributed by atoms with Crippen LogP contribution in [0, 0.1) is 0 Å². The van der Waals surface area contributed by atoms with E-state index < -0.39 is 0 Å². The molecule has 6 nitrogen and oxygen atoms in total. The van der Waals surface area contributed by atoms with Crippen molar-refractivity contribution in [3.8, 4) is 0 Å². The Morgan fingerprint density at radius 2 is 1.71 bits per heavy atom. The first-order chi connectivity index (χ1) is 11.7. The van der Waals surface area contributed by atoms with Gasteiger partial charge in [-0.1, -0.05) is 63.9 Å². The zero-order valence-electron chi connectivity index (χ0n) is 15.4. The predicted molar refractivity (Wildman–Crippen MR) is 96.3 cm³/mol. The number of unbranched alkanes of at least 4 members (excludes halogenated alkanes) is 1. The molecule has 140 valence electrons. The lowest BCUT2D eigenvalue weighted by Gasteiger charge is -1.99. The molecule has 0 saturated carbocycles. The summed E-state index contributed by atoms with van der Waals surface area (Å²) >= 11 is 0. The van der Waals surface area contributed by atoms with Crippen molar-refractivity contribution in [3.63, 3.8) is 0 Å². The van der Waals surface area contributed by atoms with Crippen molar-refractivity contribution in [2.45, 2.75) is 46.6 Å². The van der Waals surface area contributed by atoms with Crippen molar-refractivity contribution < 1.29 is 24.2 Å². The summed E-state index contributed by atoms with van der Waals surface area (Å²) in [6, 6.07) is 9.55. The summed E-state index contributed by atoms with van der Waals surface area (Å²) in [6.45, 7) is 7.60. The third-order valence-electron chi connectivity index (χ3n) is 2.09. The van der Waals surface area contributed by atoms with Gasteiger partial charge in [-0.15, -0.1) is 0 Å². The lowest BCUT2D eigenvalue weighted by Crippen LogP contribution is -2.17. The zero-order chi connectivity index (χ0) is 19.1. The quantitative estimate of drug-likeness (QED) is 0.449. The van der Waals surface area contributed by atoms with Crippen LogP contribution in [0.3, 0.4) is 0 Å². The SMILES string of the molecule is CCC.CCCCOC(=O)CN.CO.O=COCc1ccccc1. The van der Waals surface area contributed by atoms with Gasteiger partial charge in [-0.05, 0) is 12.0 Å². The van der Waals surface area contributed by atoms with E-state index in [4.69, 9.17) is 10.8 Å². The molecular formula is C18H33NO5. The average molecular weight is 343 g/mol. The van der Waals surface area contributed by atoms with Gasteiger partial charge in [0, 0.05) is 7.11 Å². The molecule has 0 atom stereocenters. The number of benzene rings is 1. The van der Waals surface area contributed by atoms with Gasteiger partial charge in [-0.25, -0.2) is 0 Å². The molecule has 0 aliphatic rings. The molecule has 3 N–H and O–H groups in total. The zero-order valence-corrected chi connectivity index (χ0v) is 15.4. The van der Waals surface area contributed by atoms with E-state index in [0.29, 0.717) is 19.7 Å². The highest BCUT2D eigenvalue weighted by atomic mass is 16.5. The monoisotopic (exact) mass is 343 g/mol. The maximum absolute atomic E-state index is 10.3. The first-order valence-corrected chi connectivity index (χ1v) is 8.05. The number of carbonyl (C=O) groups excluding carboxylic acids is 2. The van der Waals surface area contributed by atoms with Crippen LogP contribution in [0.1, 0.15) is 45.6 Å². The minimum atomic E-state index is -0.316. The predicted octanol–water partition coefficient (Wildman–Crippen LogP) is 2.67. The maximum Gasteiger partial charge on any atom is 0.319 e. The van der Waals surface area contributed by atoms with Crippen molar-refractivity contribution in [3.05, 3.63) is 35.9 Å². The Balaban J connectivity index is -0.000000292. The molecule has 0 radical (unpaired) electrons. The molecule has 0 fully saturated rings. The molecule has 0 aliphatic carbocycles. The fourth-order valence-corrected chi connectivity index (χ4v) is 1.09. The average Bonchev–Trinajstić information content (AvgIpc) is 2.64. The Hall–Kier alpha value is -1.92. The van der Waals surface area contributed by atoms with E-state index in [9.17, 15) is 9.59 Å². The van der Waals surface area contributed by atoms with Gasteiger partial charge in [0.25, 0.3) is 6.47 Å². The first-order valence-electron chi connectivity index (χ1n) is 8.05. The number of ether oxygens (including phenoxy) is 2. The van der Waals surface area contributed by atoms with Crippen molar-refractivity contribution >= 4 is 12.4 Å². The lowest BCUT2D eigenvalue weighted by molar-refractivity contribution is -0.142. The van der Waals surface area contributed by atoms with Gasteiger partial charge in [-0.3, -0.25) is 9.59 Å². The van der Waals surface area contributed by atoms with E-state index in [1.165, 1.54) is 6.42 Å². The van der Waals surface area contributed by atoms with Crippen LogP contribution in [0.2, 0.25) is 0 Å². The van der Waals surface area contributed by atoms with Crippen LogP contribution in [0.5, 0.6) is 0 Å². The van der Waals surface area contributed by atoms with E-state index >= 15 is 0 Å². The molecule has 0 aromatic heterocycles. The van der Waals surface area contributed by atoms with Crippen LogP contribution in [-0.4, -0.2) is 37.8 Å². The molecule has 0 bridgehead atoms. The Labute approximate surface area is 146 Å². The molecule has 6 heteroatoms. The Bertz CT molecular complexity index is 358. The Morgan fingerprint density at radius 1 is 1.17 bits per heavy atom. The number of aliphatic hydroxyl groups excluding tert-OH is 1. The highest BCUT2D eigenvalue weighted by molar-refractivity contribution is 5.71. The number of rotatable bonds is 7. The topological polar surface area (TPSA) is 98.9 Å². The fourth-order valence-electron chi connectivity index (χ4n) is 1.09. The van der Waals surface area contributed by atoms with Crippen molar-refractivity contribution in [2.75, 3.05) is 20.3 Å². The number of esters is 1. The van der Waals surface area contributed by atoms with Crippen LogP contribution in [0.15, 0.2) is 30.3 Å². The van der Waals surface area contributed by atoms with Crippen LogP contribution in [-0.2, 0) is 25.7 Å². The molecule has 1 aromatic carbocycles. The largest absolute Gasteiger partial charge is 0.465 e. The Kier molecular flexibility index (Phi) is 29.2. The molecule has 0 aliphatic heterocycles. The summed E-state index contributed by atoms with van der Waals surface area (Å²) in [7, 11) is 1.00. The number of carbonyl (C=O) groups is 2. The number of hydrogen-bond donors (Lipinski definition) is 2. The van der Waals surface area contributed by atoms with E-state index in [1.807, 2.05) is 37.3 Å². The number of hydrogen-bond acceptors (Lipinski definition) is 6. The normalized spacial score (nSPS) is 8.08. The number of aliphatic hydroxyl groups is 1. The highest BCUT2D eigenvalue weighted by Crippen LogP contribution is 1.98. The van der Waals surface area contributed by atoms with Crippen molar-refractivity contribution in [1.29, 1.82) is 0 Å². The second-order valence-electron chi connectivity index (χ2n) is 4.38. The number of nitrogens with two attached hydrogens (primary N) is 1. The minimum Gasteiger partial charge on any atom is -0.465 e.